The van der Waals surface area contributed by atoms with Gasteiger partial charge in [0, 0.05) is 46.4 Å². The highest BCUT2D eigenvalue weighted by Crippen LogP contribution is 2.12. The van der Waals surface area contributed by atoms with Crippen LogP contribution in [-0.4, -0.2) is 72.3 Å². The maximum Gasteiger partial charge on any atom is 0.246 e. The number of hydrogen-bond donors (Lipinski definition) is 1. The molecular weight excluding hydrogens is 320 g/mol. The summed E-state index contributed by atoms with van der Waals surface area (Å²) in [6, 6.07) is 0. The average Bonchev–Trinajstić information content (AvgIpc) is 3.05. The van der Waals surface area contributed by atoms with Crippen LogP contribution in [0.3, 0.4) is 0 Å². The molecule has 0 spiro atoms. The predicted octanol–water partition coefficient (Wildman–Crippen LogP) is 1.52. The molecule has 1 unspecified atom stereocenters. The highest BCUT2D eigenvalue weighted by molar-refractivity contribution is 5.79. The summed E-state index contributed by atoms with van der Waals surface area (Å²) < 4.78 is 10.8. The number of nitrogens with zero attached hydrogens (tertiary/aromatic N) is 5. The molecule has 0 saturated carbocycles. The Morgan fingerprint density at radius 1 is 1.28 bits per heavy atom. The molecule has 0 radical (unpaired) electrons. The lowest BCUT2D eigenvalue weighted by Crippen LogP contribution is -2.52. The van der Waals surface area contributed by atoms with E-state index in [1.165, 1.54) is 0 Å². The van der Waals surface area contributed by atoms with Crippen molar-refractivity contribution in [3.63, 3.8) is 0 Å². The molecule has 1 N–H and O–H groups in total. The van der Waals surface area contributed by atoms with Crippen LogP contribution in [0.25, 0.3) is 0 Å². The minimum absolute atomic E-state index is 0.157. The molecule has 1 atom stereocenters. The molecule has 0 amide bonds. The second kappa shape index (κ2) is 9.72. The van der Waals surface area contributed by atoms with E-state index in [-0.39, 0.29) is 6.10 Å². The van der Waals surface area contributed by atoms with Crippen molar-refractivity contribution in [2.24, 2.45) is 10.9 Å². The number of rotatable bonds is 7. The molecule has 2 rings (SSSR count). The van der Waals surface area contributed by atoms with E-state index < -0.39 is 0 Å². The van der Waals surface area contributed by atoms with Crippen molar-refractivity contribution in [3.05, 3.63) is 11.7 Å². The van der Waals surface area contributed by atoms with Crippen molar-refractivity contribution in [2.45, 2.75) is 40.3 Å². The lowest BCUT2D eigenvalue weighted by atomic mass is 10.2. The number of guanidine groups is 1. The van der Waals surface area contributed by atoms with E-state index in [4.69, 9.17) is 9.26 Å². The lowest BCUT2D eigenvalue weighted by Gasteiger charge is -2.37. The average molecular weight is 352 g/mol. The number of piperazine rings is 1. The third kappa shape index (κ3) is 5.97. The van der Waals surface area contributed by atoms with Gasteiger partial charge in [0.25, 0.3) is 0 Å². The van der Waals surface area contributed by atoms with Crippen LogP contribution in [0.1, 0.15) is 45.5 Å². The number of hydrogen-bond acceptors (Lipinski definition) is 6. The molecule has 1 aliphatic heterocycles. The fourth-order valence-electron chi connectivity index (χ4n) is 2.98. The fourth-order valence-corrected chi connectivity index (χ4v) is 2.98. The summed E-state index contributed by atoms with van der Waals surface area (Å²) in [7, 11) is 1.80. The van der Waals surface area contributed by atoms with Gasteiger partial charge in [0.05, 0.1) is 6.54 Å². The SMILES string of the molecule is CCOC(C)c1noc(CNC(=NC)N2CCN(CC(C)C)CC2)n1. The van der Waals surface area contributed by atoms with Gasteiger partial charge in [0.2, 0.25) is 5.89 Å². The van der Waals surface area contributed by atoms with Crippen molar-refractivity contribution < 1.29 is 9.26 Å². The zero-order valence-electron chi connectivity index (χ0n) is 16.2. The monoisotopic (exact) mass is 352 g/mol. The molecule has 8 heteroatoms. The third-order valence-electron chi connectivity index (χ3n) is 4.17. The smallest absolute Gasteiger partial charge is 0.246 e. The van der Waals surface area contributed by atoms with Crippen LogP contribution in [0.5, 0.6) is 0 Å². The zero-order valence-corrected chi connectivity index (χ0v) is 16.2. The van der Waals surface area contributed by atoms with Gasteiger partial charge in [-0.25, -0.2) is 0 Å². The van der Waals surface area contributed by atoms with Crippen molar-refractivity contribution in [2.75, 3.05) is 46.4 Å². The van der Waals surface area contributed by atoms with E-state index >= 15 is 0 Å². The zero-order chi connectivity index (χ0) is 18.2. The van der Waals surface area contributed by atoms with Crippen molar-refractivity contribution in [3.8, 4) is 0 Å². The molecule has 25 heavy (non-hydrogen) atoms. The minimum atomic E-state index is -0.157. The van der Waals surface area contributed by atoms with Crippen LogP contribution in [-0.2, 0) is 11.3 Å². The van der Waals surface area contributed by atoms with Gasteiger partial charge in [-0.1, -0.05) is 19.0 Å². The fraction of sp³-hybridized carbons (Fsp3) is 0.824. The van der Waals surface area contributed by atoms with E-state index in [9.17, 15) is 0 Å². The standard InChI is InChI=1S/C17H32N6O2/c1-6-24-14(4)16-20-15(25-21-16)11-19-17(18-5)23-9-7-22(8-10-23)12-13(2)3/h13-14H,6-12H2,1-5H3,(H,18,19). The lowest BCUT2D eigenvalue weighted by molar-refractivity contribution is 0.0683. The minimum Gasteiger partial charge on any atom is -0.371 e. The number of nitrogens with one attached hydrogen (secondary N) is 1. The van der Waals surface area contributed by atoms with E-state index in [1.54, 1.807) is 7.05 Å². The molecule has 1 aliphatic rings. The van der Waals surface area contributed by atoms with Gasteiger partial charge in [-0.15, -0.1) is 0 Å². The molecular formula is C17H32N6O2. The maximum absolute atomic E-state index is 5.48. The number of ether oxygens (including phenoxy) is 1. The molecule has 1 saturated heterocycles. The molecule has 0 bridgehead atoms. The van der Waals surface area contributed by atoms with Crippen LogP contribution >= 0.6 is 0 Å². The Morgan fingerprint density at radius 2 is 2.00 bits per heavy atom. The summed E-state index contributed by atoms with van der Waals surface area (Å²) in [5.41, 5.74) is 0. The van der Waals surface area contributed by atoms with E-state index in [1.807, 2.05) is 13.8 Å². The molecule has 142 valence electrons. The van der Waals surface area contributed by atoms with Crippen LogP contribution in [0.15, 0.2) is 9.52 Å². The van der Waals surface area contributed by atoms with E-state index in [0.717, 1.165) is 38.7 Å². The Hall–Kier alpha value is -1.67. The van der Waals surface area contributed by atoms with Gasteiger partial charge in [0.15, 0.2) is 11.8 Å². The second-order valence-electron chi connectivity index (χ2n) is 6.73. The summed E-state index contributed by atoms with van der Waals surface area (Å²) >= 11 is 0. The Morgan fingerprint density at radius 3 is 2.60 bits per heavy atom. The topological polar surface area (TPSA) is 79.0 Å². The first-order valence-electron chi connectivity index (χ1n) is 9.15. The Bertz CT molecular complexity index is 537. The van der Waals surface area contributed by atoms with Gasteiger partial charge >= 0.3 is 0 Å². The van der Waals surface area contributed by atoms with Crippen molar-refractivity contribution in [1.29, 1.82) is 0 Å². The first-order valence-corrected chi connectivity index (χ1v) is 9.15. The van der Waals surface area contributed by atoms with Gasteiger partial charge < -0.3 is 19.5 Å². The largest absolute Gasteiger partial charge is 0.371 e. The first kappa shape index (κ1) is 19.7. The summed E-state index contributed by atoms with van der Waals surface area (Å²) in [5.74, 6) is 2.70. The van der Waals surface area contributed by atoms with Gasteiger partial charge in [0.1, 0.15) is 6.10 Å². The van der Waals surface area contributed by atoms with Crippen molar-refractivity contribution in [1.82, 2.24) is 25.3 Å². The Labute approximate surface area is 150 Å². The number of aromatic nitrogens is 2. The van der Waals surface area contributed by atoms with E-state index in [2.05, 4.69) is 44.1 Å². The van der Waals surface area contributed by atoms with Crippen LogP contribution in [0.4, 0.5) is 0 Å². The van der Waals surface area contributed by atoms with Gasteiger partial charge in [-0.05, 0) is 19.8 Å². The third-order valence-corrected chi connectivity index (χ3v) is 4.17. The van der Waals surface area contributed by atoms with Crippen molar-refractivity contribution >= 4 is 5.96 Å². The van der Waals surface area contributed by atoms with Crippen LogP contribution in [0, 0.1) is 5.92 Å². The van der Waals surface area contributed by atoms with Gasteiger partial charge in [-0.2, -0.15) is 4.98 Å². The van der Waals surface area contributed by atoms with Crippen LogP contribution < -0.4 is 5.32 Å². The number of aliphatic imine (C=N–C) groups is 1. The Kier molecular flexibility index (Phi) is 7.64. The molecule has 1 aromatic heterocycles. The maximum atomic E-state index is 5.48. The summed E-state index contributed by atoms with van der Waals surface area (Å²) in [6.07, 6.45) is -0.157. The molecule has 0 aromatic carbocycles. The molecule has 0 aliphatic carbocycles. The Balaban J connectivity index is 1.81. The highest BCUT2D eigenvalue weighted by Gasteiger charge is 2.20. The van der Waals surface area contributed by atoms with Gasteiger partial charge in [-0.3, -0.25) is 9.89 Å². The second-order valence-corrected chi connectivity index (χ2v) is 6.73. The molecule has 1 aromatic rings. The summed E-state index contributed by atoms with van der Waals surface area (Å²) in [5, 5.41) is 7.29. The van der Waals surface area contributed by atoms with Crippen LogP contribution in [0.2, 0.25) is 0 Å². The summed E-state index contributed by atoms with van der Waals surface area (Å²) in [6.45, 7) is 14.7. The normalized spacial score (nSPS) is 18.0. The highest BCUT2D eigenvalue weighted by atomic mass is 16.5. The van der Waals surface area contributed by atoms with E-state index in [0.29, 0.717) is 30.8 Å². The quantitative estimate of drug-likeness (QED) is 0.589. The molecule has 2 heterocycles. The first-order chi connectivity index (χ1) is 12.0. The predicted molar refractivity (Wildman–Crippen MR) is 97.4 cm³/mol. The molecule has 8 nitrogen and oxygen atoms in total. The summed E-state index contributed by atoms with van der Waals surface area (Å²) in [4.78, 5) is 13.5. The molecule has 1 fully saturated rings.